The lowest BCUT2D eigenvalue weighted by Crippen LogP contribution is -2.51. The first-order chi connectivity index (χ1) is 13.5. The molecule has 1 N–H and O–H groups in total. The summed E-state index contributed by atoms with van der Waals surface area (Å²) in [4.78, 5) is 14.1. The van der Waals surface area contributed by atoms with Gasteiger partial charge in [0.25, 0.3) is 16.0 Å². The largest absolute Gasteiger partial charge is 0.350 e. The van der Waals surface area contributed by atoms with Crippen LogP contribution in [0.25, 0.3) is 0 Å². The molecule has 1 amide bonds. The number of benzene rings is 2. The van der Waals surface area contributed by atoms with Crippen LogP contribution in [-0.2, 0) is 14.3 Å². The SMILES string of the molecule is CS(=O)(=O)OCC1CN(C(=O)c2ccc(F)c(F)c2Nc2ccc(I)cc2F)C1. The summed E-state index contributed by atoms with van der Waals surface area (Å²) >= 11 is 1.91. The van der Waals surface area contributed by atoms with Crippen LogP contribution in [0.4, 0.5) is 24.5 Å². The molecule has 0 unspecified atom stereocenters. The zero-order chi connectivity index (χ0) is 21.3. The van der Waals surface area contributed by atoms with Crippen LogP contribution in [0.15, 0.2) is 30.3 Å². The Morgan fingerprint density at radius 2 is 1.90 bits per heavy atom. The van der Waals surface area contributed by atoms with Gasteiger partial charge in [-0.1, -0.05) is 0 Å². The third-order valence-electron chi connectivity index (χ3n) is 4.28. The minimum Gasteiger partial charge on any atom is -0.350 e. The van der Waals surface area contributed by atoms with Gasteiger partial charge in [0.2, 0.25) is 0 Å². The molecule has 0 saturated carbocycles. The van der Waals surface area contributed by atoms with Crippen molar-refractivity contribution < 1.29 is 30.6 Å². The molecular weight excluding hydrogens is 524 g/mol. The predicted molar refractivity (Wildman–Crippen MR) is 109 cm³/mol. The fourth-order valence-electron chi connectivity index (χ4n) is 2.81. The Morgan fingerprint density at radius 1 is 1.21 bits per heavy atom. The first-order valence-electron chi connectivity index (χ1n) is 8.39. The molecule has 2 aromatic rings. The lowest BCUT2D eigenvalue weighted by Gasteiger charge is -2.39. The average Bonchev–Trinajstić information content (AvgIpc) is 2.58. The normalized spacial score (nSPS) is 14.6. The Balaban J connectivity index is 1.79. The van der Waals surface area contributed by atoms with Gasteiger partial charge in [-0.3, -0.25) is 8.98 Å². The molecule has 2 aromatic carbocycles. The maximum absolute atomic E-state index is 14.4. The highest BCUT2D eigenvalue weighted by Crippen LogP contribution is 2.31. The van der Waals surface area contributed by atoms with E-state index in [0.29, 0.717) is 3.57 Å². The van der Waals surface area contributed by atoms with Crippen LogP contribution in [0, 0.1) is 26.9 Å². The van der Waals surface area contributed by atoms with Crippen molar-refractivity contribution in [1.29, 1.82) is 0 Å². The maximum atomic E-state index is 14.4. The van der Waals surface area contributed by atoms with Gasteiger partial charge in [0, 0.05) is 22.6 Å². The Bertz CT molecular complexity index is 1060. The van der Waals surface area contributed by atoms with Crippen LogP contribution in [0.3, 0.4) is 0 Å². The summed E-state index contributed by atoms with van der Waals surface area (Å²) in [6.45, 7) is 0.328. The predicted octanol–water partition coefficient (Wildman–Crippen LogP) is 3.50. The summed E-state index contributed by atoms with van der Waals surface area (Å²) in [5.41, 5.74) is -0.734. The van der Waals surface area contributed by atoms with E-state index in [1.807, 2.05) is 22.6 Å². The Hall–Kier alpha value is -1.86. The molecule has 11 heteroatoms. The van der Waals surface area contributed by atoms with Crippen LogP contribution >= 0.6 is 22.6 Å². The molecule has 29 heavy (non-hydrogen) atoms. The second-order valence-corrected chi connectivity index (χ2v) is 9.49. The van der Waals surface area contributed by atoms with Crippen molar-refractivity contribution in [3.8, 4) is 0 Å². The fourth-order valence-corrected chi connectivity index (χ4v) is 3.70. The van der Waals surface area contributed by atoms with E-state index in [9.17, 15) is 26.4 Å². The highest BCUT2D eigenvalue weighted by molar-refractivity contribution is 14.1. The number of carbonyl (C=O) groups excluding carboxylic acids is 1. The lowest BCUT2D eigenvalue weighted by molar-refractivity contribution is 0.0403. The first-order valence-corrected chi connectivity index (χ1v) is 11.3. The number of likely N-dealkylation sites (tertiary alicyclic amines) is 1. The minimum absolute atomic E-state index is 0.0701. The topological polar surface area (TPSA) is 75.7 Å². The number of rotatable bonds is 6. The number of nitrogens with one attached hydrogen (secondary N) is 1. The highest BCUT2D eigenvalue weighted by Gasteiger charge is 2.34. The van der Waals surface area contributed by atoms with E-state index >= 15 is 0 Å². The van der Waals surface area contributed by atoms with Crippen LogP contribution in [0.5, 0.6) is 0 Å². The van der Waals surface area contributed by atoms with Gasteiger partial charge < -0.3 is 10.2 Å². The molecule has 1 aliphatic heterocycles. The zero-order valence-corrected chi connectivity index (χ0v) is 18.1. The smallest absolute Gasteiger partial charge is 0.264 e. The highest BCUT2D eigenvalue weighted by atomic mass is 127. The number of hydrogen-bond acceptors (Lipinski definition) is 5. The van der Waals surface area contributed by atoms with Gasteiger partial charge in [-0.25, -0.2) is 13.2 Å². The van der Waals surface area contributed by atoms with Gasteiger partial charge in [-0.15, -0.1) is 0 Å². The van der Waals surface area contributed by atoms with E-state index in [2.05, 4.69) is 5.32 Å². The Morgan fingerprint density at radius 3 is 2.52 bits per heavy atom. The van der Waals surface area contributed by atoms with E-state index in [0.717, 1.165) is 18.4 Å². The quantitative estimate of drug-likeness (QED) is 0.449. The first kappa shape index (κ1) is 21.8. The monoisotopic (exact) mass is 540 g/mol. The van der Waals surface area contributed by atoms with Crippen LogP contribution in [-0.4, -0.2) is 45.2 Å². The summed E-state index contributed by atoms with van der Waals surface area (Å²) in [5.74, 6) is -3.94. The number of hydrogen-bond donors (Lipinski definition) is 1. The van der Waals surface area contributed by atoms with Gasteiger partial charge in [-0.2, -0.15) is 8.42 Å². The van der Waals surface area contributed by atoms with Crippen LogP contribution < -0.4 is 5.32 Å². The zero-order valence-electron chi connectivity index (χ0n) is 15.1. The molecule has 6 nitrogen and oxygen atoms in total. The minimum atomic E-state index is -3.58. The van der Waals surface area contributed by atoms with Gasteiger partial charge in [0.1, 0.15) is 5.82 Å². The molecule has 0 aromatic heterocycles. The van der Waals surface area contributed by atoms with Crippen LogP contribution in [0.1, 0.15) is 10.4 Å². The number of anilines is 2. The molecule has 0 spiro atoms. The molecular formula is C18H16F3IN2O4S. The van der Waals surface area contributed by atoms with Gasteiger partial charge in [0.05, 0.1) is 29.8 Å². The molecule has 156 valence electrons. The molecule has 1 fully saturated rings. The molecule has 3 rings (SSSR count). The molecule has 1 aliphatic rings. The van der Waals surface area contributed by atoms with Gasteiger partial charge in [-0.05, 0) is 52.9 Å². The van der Waals surface area contributed by atoms with E-state index < -0.39 is 39.2 Å². The van der Waals surface area contributed by atoms with E-state index in [4.69, 9.17) is 4.18 Å². The molecule has 0 atom stereocenters. The molecule has 0 aliphatic carbocycles. The van der Waals surface area contributed by atoms with Crippen LogP contribution in [0.2, 0.25) is 0 Å². The van der Waals surface area contributed by atoms with Gasteiger partial charge >= 0.3 is 0 Å². The summed E-state index contributed by atoms with van der Waals surface area (Å²) in [5, 5.41) is 2.47. The molecule has 0 radical (unpaired) electrons. The second kappa shape index (κ2) is 8.48. The summed E-state index contributed by atoms with van der Waals surface area (Å²) < 4.78 is 69.7. The summed E-state index contributed by atoms with van der Waals surface area (Å²) in [6.07, 6.45) is 0.928. The fraction of sp³-hybridized carbons (Fsp3) is 0.278. The number of nitrogens with zero attached hydrogens (tertiary/aromatic N) is 1. The third kappa shape index (κ3) is 5.20. The number of carbonyl (C=O) groups is 1. The van der Waals surface area contributed by atoms with Crippen molar-refractivity contribution in [3.05, 3.63) is 56.9 Å². The van der Waals surface area contributed by atoms with E-state index in [1.165, 1.54) is 17.0 Å². The van der Waals surface area contributed by atoms with Gasteiger partial charge in [0.15, 0.2) is 11.6 Å². The average molecular weight is 540 g/mol. The van der Waals surface area contributed by atoms with Crippen molar-refractivity contribution in [1.82, 2.24) is 4.90 Å². The van der Waals surface area contributed by atoms with E-state index in [-0.39, 0.29) is 36.9 Å². The van der Waals surface area contributed by atoms with Crippen molar-refractivity contribution in [3.63, 3.8) is 0 Å². The van der Waals surface area contributed by atoms with Crippen molar-refractivity contribution in [2.45, 2.75) is 0 Å². The van der Waals surface area contributed by atoms with Crippen molar-refractivity contribution >= 4 is 50.0 Å². The number of halogens is 4. The summed E-state index contributed by atoms with van der Waals surface area (Å²) in [7, 11) is -3.58. The van der Waals surface area contributed by atoms with Crippen molar-refractivity contribution in [2.24, 2.45) is 5.92 Å². The third-order valence-corrected chi connectivity index (χ3v) is 5.51. The Labute approximate surface area is 179 Å². The Kier molecular flexibility index (Phi) is 6.39. The van der Waals surface area contributed by atoms with E-state index in [1.54, 1.807) is 6.07 Å². The molecule has 1 heterocycles. The molecule has 0 bridgehead atoms. The summed E-state index contributed by atoms with van der Waals surface area (Å²) in [6, 6.07) is 6.09. The standard InChI is InChI=1S/C18H16F3IN2O4S/c1-29(26,27)28-9-10-7-24(8-10)18(25)12-3-4-13(19)16(21)17(12)23-15-5-2-11(22)6-14(15)20/h2-6,10,23H,7-9H2,1H3. The maximum Gasteiger partial charge on any atom is 0.264 e. The second-order valence-electron chi connectivity index (χ2n) is 6.60. The van der Waals surface area contributed by atoms with Crippen molar-refractivity contribution in [2.75, 3.05) is 31.3 Å². The molecule has 1 saturated heterocycles. The lowest BCUT2D eigenvalue weighted by atomic mass is 9.99. The number of amides is 1.